The highest BCUT2D eigenvalue weighted by Crippen LogP contribution is 2.33. The van der Waals surface area contributed by atoms with E-state index in [1.807, 2.05) is 18.4 Å². The quantitative estimate of drug-likeness (QED) is 0.614. The SMILES string of the molecule is CSc1cccc2c1CN(C1CCC(=O)N(C)C1=O)C2=O. The van der Waals surface area contributed by atoms with Crippen LogP contribution in [0.4, 0.5) is 0 Å². The summed E-state index contributed by atoms with van der Waals surface area (Å²) in [5.41, 5.74) is 1.66. The van der Waals surface area contributed by atoms with Crippen molar-refractivity contribution in [1.29, 1.82) is 0 Å². The van der Waals surface area contributed by atoms with Gasteiger partial charge in [-0.15, -0.1) is 11.8 Å². The summed E-state index contributed by atoms with van der Waals surface area (Å²) < 4.78 is 0. The van der Waals surface area contributed by atoms with E-state index in [0.717, 1.165) is 15.4 Å². The normalized spacial score (nSPS) is 22.0. The molecule has 0 N–H and O–H groups in total. The molecule has 0 saturated carbocycles. The van der Waals surface area contributed by atoms with Crippen molar-refractivity contribution in [2.45, 2.75) is 30.3 Å². The molecule has 2 aliphatic rings. The van der Waals surface area contributed by atoms with Crippen molar-refractivity contribution in [2.24, 2.45) is 0 Å². The van der Waals surface area contributed by atoms with E-state index < -0.39 is 6.04 Å². The molecule has 2 aliphatic heterocycles. The first-order valence-electron chi connectivity index (χ1n) is 6.82. The molecule has 6 heteroatoms. The van der Waals surface area contributed by atoms with Gasteiger partial charge in [-0.1, -0.05) is 6.07 Å². The second kappa shape index (κ2) is 5.18. The summed E-state index contributed by atoms with van der Waals surface area (Å²) >= 11 is 1.60. The van der Waals surface area contributed by atoms with Gasteiger partial charge in [0, 0.05) is 30.5 Å². The summed E-state index contributed by atoms with van der Waals surface area (Å²) in [6.45, 7) is 0.448. The molecule has 21 heavy (non-hydrogen) atoms. The molecule has 1 unspecified atom stereocenters. The Balaban J connectivity index is 1.91. The Morgan fingerprint density at radius 2 is 2.00 bits per heavy atom. The van der Waals surface area contributed by atoms with Crippen LogP contribution in [-0.2, 0) is 16.1 Å². The zero-order chi connectivity index (χ0) is 15.1. The first-order chi connectivity index (χ1) is 10.0. The van der Waals surface area contributed by atoms with Crippen LogP contribution in [0.1, 0.15) is 28.8 Å². The van der Waals surface area contributed by atoms with Crippen LogP contribution in [0, 0.1) is 0 Å². The third-order valence-corrected chi connectivity index (χ3v) is 4.99. The van der Waals surface area contributed by atoms with Crippen molar-refractivity contribution in [2.75, 3.05) is 13.3 Å². The lowest BCUT2D eigenvalue weighted by Crippen LogP contribution is -2.53. The Kier molecular flexibility index (Phi) is 3.49. The molecule has 0 spiro atoms. The molecule has 3 rings (SSSR count). The number of benzene rings is 1. The number of carbonyl (C=O) groups is 3. The van der Waals surface area contributed by atoms with Gasteiger partial charge in [0.15, 0.2) is 0 Å². The molecule has 0 bridgehead atoms. The van der Waals surface area contributed by atoms with Crippen LogP contribution in [0.15, 0.2) is 23.1 Å². The zero-order valence-corrected chi connectivity index (χ0v) is 12.8. The highest BCUT2D eigenvalue weighted by atomic mass is 32.2. The largest absolute Gasteiger partial charge is 0.322 e. The van der Waals surface area contributed by atoms with E-state index in [2.05, 4.69) is 0 Å². The maximum Gasteiger partial charge on any atom is 0.255 e. The highest BCUT2D eigenvalue weighted by molar-refractivity contribution is 7.98. The van der Waals surface area contributed by atoms with Gasteiger partial charge in [0.1, 0.15) is 6.04 Å². The molecule has 0 radical (unpaired) electrons. The smallest absolute Gasteiger partial charge is 0.255 e. The number of piperidine rings is 1. The molecule has 0 aliphatic carbocycles. The van der Waals surface area contributed by atoms with Crippen LogP contribution in [0.5, 0.6) is 0 Å². The van der Waals surface area contributed by atoms with Gasteiger partial charge in [0.25, 0.3) is 11.8 Å². The van der Waals surface area contributed by atoms with Crippen LogP contribution >= 0.6 is 11.8 Å². The van der Waals surface area contributed by atoms with Crippen LogP contribution in [-0.4, -0.2) is 46.9 Å². The molecular formula is C15H16N2O3S. The van der Waals surface area contributed by atoms with Crippen LogP contribution in [0.2, 0.25) is 0 Å². The van der Waals surface area contributed by atoms with Crippen LogP contribution in [0.3, 0.4) is 0 Å². The van der Waals surface area contributed by atoms with Gasteiger partial charge in [-0.3, -0.25) is 19.3 Å². The lowest BCUT2D eigenvalue weighted by Gasteiger charge is -2.33. The Morgan fingerprint density at radius 3 is 2.71 bits per heavy atom. The predicted molar refractivity (Wildman–Crippen MR) is 78.9 cm³/mol. The number of nitrogens with zero attached hydrogens (tertiary/aromatic N) is 2. The van der Waals surface area contributed by atoms with Crippen molar-refractivity contribution >= 4 is 29.5 Å². The number of likely N-dealkylation sites (N-methyl/N-ethyl adjacent to an activating group) is 1. The van der Waals surface area contributed by atoms with Crippen LogP contribution in [0.25, 0.3) is 0 Å². The minimum atomic E-state index is -0.526. The number of hydrogen-bond acceptors (Lipinski definition) is 4. The summed E-state index contributed by atoms with van der Waals surface area (Å²) in [6, 6.07) is 5.13. The fourth-order valence-electron chi connectivity index (χ4n) is 2.96. The Bertz CT molecular complexity index is 644. The monoisotopic (exact) mass is 304 g/mol. The minimum absolute atomic E-state index is 0.109. The second-order valence-corrected chi connectivity index (χ2v) is 6.11. The number of likely N-dealkylation sites (tertiary alicyclic amines) is 1. The fourth-order valence-corrected chi connectivity index (χ4v) is 3.59. The molecular weight excluding hydrogens is 288 g/mol. The first kappa shape index (κ1) is 14.1. The molecule has 1 fully saturated rings. The van der Waals surface area contributed by atoms with Gasteiger partial charge in [-0.2, -0.15) is 0 Å². The first-order valence-corrected chi connectivity index (χ1v) is 8.04. The molecule has 3 amide bonds. The summed E-state index contributed by atoms with van der Waals surface area (Å²) in [6.07, 6.45) is 2.69. The summed E-state index contributed by atoms with van der Waals surface area (Å²) in [7, 11) is 1.48. The van der Waals surface area contributed by atoms with Gasteiger partial charge < -0.3 is 4.90 Å². The third-order valence-electron chi connectivity index (χ3n) is 4.17. The number of hydrogen-bond donors (Lipinski definition) is 0. The van der Waals surface area contributed by atoms with E-state index in [-0.39, 0.29) is 17.7 Å². The van der Waals surface area contributed by atoms with E-state index >= 15 is 0 Å². The predicted octanol–water partition coefficient (Wildman–Crippen LogP) is 1.51. The molecule has 2 heterocycles. The fraction of sp³-hybridized carbons (Fsp3) is 0.400. The molecule has 0 aromatic heterocycles. The number of rotatable bonds is 2. The minimum Gasteiger partial charge on any atom is -0.322 e. The topological polar surface area (TPSA) is 57.7 Å². The molecule has 5 nitrogen and oxygen atoms in total. The van der Waals surface area contributed by atoms with E-state index in [0.29, 0.717) is 24.9 Å². The zero-order valence-electron chi connectivity index (χ0n) is 12.0. The lowest BCUT2D eigenvalue weighted by atomic mass is 10.0. The van der Waals surface area contributed by atoms with Crippen molar-refractivity contribution in [3.63, 3.8) is 0 Å². The van der Waals surface area contributed by atoms with Crippen molar-refractivity contribution in [3.8, 4) is 0 Å². The second-order valence-electron chi connectivity index (χ2n) is 5.26. The standard InChI is InChI=1S/C15H16N2O3S/c1-16-13(18)7-6-11(15(16)20)17-8-10-9(14(17)19)4-3-5-12(10)21-2/h3-5,11H,6-8H2,1-2H3. The Labute approximate surface area is 127 Å². The van der Waals surface area contributed by atoms with E-state index in [4.69, 9.17) is 0 Å². The lowest BCUT2D eigenvalue weighted by molar-refractivity contribution is -0.150. The van der Waals surface area contributed by atoms with Crippen LogP contribution < -0.4 is 0 Å². The number of thioether (sulfide) groups is 1. The van der Waals surface area contributed by atoms with Gasteiger partial charge in [-0.25, -0.2) is 0 Å². The highest BCUT2D eigenvalue weighted by Gasteiger charge is 2.41. The molecule has 1 aromatic rings. The molecule has 1 saturated heterocycles. The average molecular weight is 304 g/mol. The van der Waals surface area contributed by atoms with Crippen molar-refractivity contribution in [1.82, 2.24) is 9.80 Å². The number of amides is 3. The summed E-state index contributed by atoms with van der Waals surface area (Å²) in [5.74, 6) is -0.565. The summed E-state index contributed by atoms with van der Waals surface area (Å²) in [5, 5.41) is 0. The maximum atomic E-state index is 12.6. The maximum absolute atomic E-state index is 12.6. The Morgan fingerprint density at radius 1 is 1.24 bits per heavy atom. The van der Waals surface area contributed by atoms with E-state index in [1.54, 1.807) is 22.7 Å². The van der Waals surface area contributed by atoms with Crippen molar-refractivity contribution < 1.29 is 14.4 Å². The number of fused-ring (bicyclic) bond motifs is 1. The average Bonchev–Trinajstić information content (AvgIpc) is 2.82. The van der Waals surface area contributed by atoms with Gasteiger partial charge in [0.05, 0.1) is 0 Å². The van der Waals surface area contributed by atoms with E-state index in [1.165, 1.54) is 7.05 Å². The molecule has 110 valence electrons. The number of imide groups is 1. The molecule has 1 atom stereocenters. The van der Waals surface area contributed by atoms with E-state index in [9.17, 15) is 14.4 Å². The van der Waals surface area contributed by atoms with Gasteiger partial charge >= 0.3 is 0 Å². The third kappa shape index (κ3) is 2.14. The van der Waals surface area contributed by atoms with Gasteiger partial charge in [0.2, 0.25) is 5.91 Å². The van der Waals surface area contributed by atoms with Gasteiger partial charge in [-0.05, 0) is 30.4 Å². The van der Waals surface area contributed by atoms with Crippen molar-refractivity contribution in [3.05, 3.63) is 29.3 Å². The number of carbonyl (C=O) groups excluding carboxylic acids is 3. The summed E-state index contributed by atoms with van der Waals surface area (Å²) in [4.78, 5) is 40.2. The molecule has 1 aromatic carbocycles. The Hall–Kier alpha value is -1.82.